The zero-order chi connectivity index (χ0) is 11.3. The van der Waals surface area contributed by atoms with Crippen LogP contribution in [-0.4, -0.2) is 18.2 Å². The minimum absolute atomic E-state index is 0.109. The van der Waals surface area contributed by atoms with Crippen molar-refractivity contribution >= 4 is 0 Å². The molecule has 0 unspecified atom stereocenters. The van der Waals surface area contributed by atoms with Gasteiger partial charge in [-0.2, -0.15) is 0 Å². The van der Waals surface area contributed by atoms with Gasteiger partial charge in [-0.05, 0) is 37.6 Å². The number of hydrogen-bond donors (Lipinski definition) is 1. The van der Waals surface area contributed by atoms with E-state index in [0.717, 1.165) is 25.1 Å². The first-order valence-corrected chi connectivity index (χ1v) is 5.47. The molecule has 0 aliphatic carbocycles. The maximum absolute atomic E-state index is 11.7. The molecule has 1 aromatic rings. The highest BCUT2D eigenvalue weighted by Crippen LogP contribution is 1.99. The summed E-state index contributed by atoms with van der Waals surface area (Å²) in [6.07, 6.45) is 2.81. The molecule has 3 nitrogen and oxygen atoms in total. The van der Waals surface area contributed by atoms with Gasteiger partial charge < -0.3 is 9.88 Å². The van der Waals surface area contributed by atoms with E-state index in [1.54, 1.807) is 10.6 Å². The van der Waals surface area contributed by atoms with E-state index in [4.69, 9.17) is 0 Å². The molecule has 0 saturated carbocycles. The van der Waals surface area contributed by atoms with Gasteiger partial charge in [-0.3, -0.25) is 4.79 Å². The van der Waals surface area contributed by atoms with Crippen LogP contribution in [0.4, 0.5) is 0 Å². The number of aromatic nitrogens is 1. The molecular weight excluding hydrogens is 188 g/mol. The predicted octanol–water partition coefficient (Wildman–Crippen LogP) is 1.27. The van der Waals surface area contributed by atoms with Gasteiger partial charge in [-0.25, -0.2) is 0 Å². The Morgan fingerprint density at radius 1 is 1.47 bits per heavy atom. The molecule has 0 bridgehead atoms. The maximum atomic E-state index is 11.7. The minimum Gasteiger partial charge on any atom is -0.319 e. The molecule has 3 heteroatoms. The van der Waals surface area contributed by atoms with Gasteiger partial charge in [0.05, 0.1) is 0 Å². The van der Waals surface area contributed by atoms with Crippen LogP contribution in [0, 0.1) is 5.92 Å². The highest BCUT2D eigenvalue weighted by molar-refractivity contribution is 5.11. The lowest BCUT2D eigenvalue weighted by atomic mass is 10.2. The first kappa shape index (κ1) is 12.0. The molecule has 0 aliphatic heterocycles. The maximum Gasteiger partial charge on any atom is 0.250 e. The van der Waals surface area contributed by atoms with E-state index in [1.807, 2.05) is 19.3 Å². The standard InChI is InChI=1S/C12H20N2O/c1-10(2)9-14-7-5-11(4-6-13-3)8-12(14)15/h5,7-8,10,13H,4,6,9H2,1-3H3. The summed E-state index contributed by atoms with van der Waals surface area (Å²) in [4.78, 5) is 11.7. The third kappa shape index (κ3) is 3.88. The van der Waals surface area contributed by atoms with Crippen molar-refractivity contribution in [2.75, 3.05) is 13.6 Å². The molecule has 0 aliphatic rings. The first-order chi connectivity index (χ1) is 7.13. The highest BCUT2D eigenvalue weighted by atomic mass is 16.1. The van der Waals surface area contributed by atoms with Gasteiger partial charge >= 0.3 is 0 Å². The van der Waals surface area contributed by atoms with Crippen LogP contribution < -0.4 is 10.9 Å². The van der Waals surface area contributed by atoms with Crippen LogP contribution in [0.1, 0.15) is 19.4 Å². The van der Waals surface area contributed by atoms with Gasteiger partial charge in [0, 0.05) is 18.8 Å². The van der Waals surface area contributed by atoms with E-state index in [0.29, 0.717) is 5.92 Å². The highest BCUT2D eigenvalue weighted by Gasteiger charge is 2.00. The monoisotopic (exact) mass is 208 g/mol. The van der Waals surface area contributed by atoms with Gasteiger partial charge in [0.25, 0.3) is 5.56 Å². The van der Waals surface area contributed by atoms with E-state index in [1.165, 1.54) is 0 Å². The van der Waals surface area contributed by atoms with Crippen molar-refractivity contribution in [3.8, 4) is 0 Å². The van der Waals surface area contributed by atoms with E-state index >= 15 is 0 Å². The van der Waals surface area contributed by atoms with E-state index in [2.05, 4.69) is 19.2 Å². The molecule has 1 N–H and O–H groups in total. The molecule has 0 saturated heterocycles. The summed E-state index contributed by atoms with van der Waals surface area (Å²) < 4.78 is 1.77. The summed E-state index contributed by atoms with van der Waals surface area (Å²) in [6.45, 7) is 5.93. The molecule has 1 heterocycles. The molecule has 84 valence electrons. The Balaban J connectivity index is 2.74. The second-order valence-electron chi connectivity index (χ2n) is 4.27. The molecule has 1 aromatic heterocycles. The number of pyridine rings is 1. The smallest absolute Gasteiger partial charge is 0.250 e. The van der Waals surface area contributed by atoms with Crippen LogP contribution in [-0.2, 0) is 13.0 Å². The van der Waals surface area contributed by atoms with Gasteiger partial charge in [-0.1, -0.05) is 13.8 Å². The Hall–Kier alpha value is -1.09. The number of rotatable bonds is 5. The van der Waals surface area contributed by atoms with Crippen LogP contribution >= 0.6 is 0 Å². The fourth-order valence-electron chi connectivity index (χ4n) is 1.52. The average Bonchev–Trinajstić information content (AvgIpc) is 2.18. The van der Waals surface area contributed by atoms with Crippen molar-refractivity contribution in [3.63, 3.8) is 0 Å². The van der Waals surface area contributed by atoms with Crippen LogP contribution in [0.25, 0.3) is 0 Å². The van der Waals surface area contributed by atoms with Crippen molar-refractivity contribution in [1.29, 1.82) is 0 Å². The van der Waals surface area contributed by atoms with Gasteiger partial charge in [-0.15, -0.1) is 0 Å². The number of nitrogens with zero attached hydrogens (tertiary/aromatic N) is 1. The van der Waals surface area contributed by atoms with Crippen LogP contribution in [0.3, 0.4) is 0 Å². The van der Waals surface area contributed by atoms with Crippen LogP contribution in [0.2, 0.25) is 0 Å². The molecular formula is C12H20N2O. The molecule has 15 heavy (non-hydrogen) atoms. The Morgan fingerprint density at radius 2 is 2.20 bits per heavy atom. The summed E-state index contributed by atoms with van der Waals surface area (Å²) in [6, 6.07) is 3.76. The van der Waals surface area contributed by atoms with Crippen molar-refractivity contribution < 1.29 is 0 Å². The van der Waals surface area contributed by atoms with Crippen LogP contribution in [0.5, 0.6) is 0 Å². The lowest BCUT2D eigenvalue weighted by Gasteiger charge is -2.09. The second kappa shape index (κ2) is 5.71. The normalized spacial score (nSPS) is 10.9. The Kier molecular flexibility index (Phi) is 4.56. The first-order valence-electron chi connectivity index (χ1n) is 5.47. The van der Waals surface area contributed by atoms with Gasteiger partial charge in [0.2, 0.25) is 0 Å². The van der Waals surface area contributed by atoms with Gasteiger partial charge in [0.15, 0.2) is 0 Å². The Bertz CT molecular complexity index is 355. The summed E-state index contributed by atoms with van der Waals surface area (Å²) in [5, 5.41) is 3.07. The quantitative estimate of drug-likeness (QED) is 0.790. The minimum atomic E-state index is 0.109. The third-order valence-corrected chi connectivity index (χ3v) is 2.29. The SMILES string of the molecule is CNCCc1ccn(CC(C)C)c(=O)c1. The molecule has 0 amide bonds. The fraction of sp³-hybridized carbons (Fsp3) is 0.583. The van der Waals surface area contributed by atoms with E-state index < -0.39 is 0 Å². The topological polar surface area (TPSA) is 34.0 Å². The number of nitrogens with one attached hydrogen (secondary N) is 1. The molecule has 0 atom stereocenters. The van der Waals surface area contributed by atoms with Crippen molar-refractivity contribution in [2.24, 2.45) is 5.92 Å². The van der Waals surface area contributed by atoms with Crippen LogP contribution in [0.15, 0.2) is 23.1 Å². The summed E-state index contributed by atoms with van der Waals surface area (Å²) in [5.74, 6) is 0.505. The van der Waals surface area contributed by atoms with Crippen molar-refractivity contribution in [1.82, 2.24) is 9.88 Å². The summed E-state index contributed by atoms with van der Waals surface area (Å²) in [7, 11) is 1.92. The molecule has 0 spiro atoms. The molecule has 1 rings (SSSR count). The lowest BCUT2D eigenvalue weighted by molar-refractivity contribution is 0.510. The zero-order valence-electron chi connectivity index (χ0n) is 9.79. The predicted molar refractivity (Wildman–Crippen MR) is 63.2 cm³/mol. The number of likely N-dealkylation sites (N-methyl/N-ethyl adjacent to an activating group) is 1. The fourth-order valence-corrected chi connectivity index (χ4v) is 1.52. The Morgan fingerprint density at radius 3 is 2.73 bits per heavy atom. The molecule has 0 radical (unpaired) electrons. The van der Waals surface area contributed by atoms with Crippen molar-refractivity contribution in [2.45, 2.75) is 26.8 Å². The third-order valence-electron chi connectivity index (χ3n) is 2.29. The van der Waals surface area contributed by atoms with Gasteiger partial charge in [0.1, 0.15) is 0 Å². The lowest BCUT2D eigenvalue weighted by Crippen LogP contribution is -2.22. The average molecular weight is 208 g/mol. The van der Waals surface area contributed by atoms with E-state index in [9.17, 15) is 4.79 Å². The zero-order valence-corrected chi connectivity index (χ0v) is 9.79. The largest absolute Gasteiger partial charge is 0.319 e. The second-order valence-corrected chi connectivity index (χ2v) is 4.27. The molecule has 0 aromatic carbocycles. The number of hydrogen-bond acceptors (Lipinski definition) is 2. The molecule has 0 fully saturated rings. The van der Waals surface area contributed by atoms with E-state index in [-0.39, 0.29) is 5.56 Å². The summed E-state index contributed by atoms with van der Waals surface area (Å²) in [5.41, 5.74) is 1.21. The Labute approximate surface area is 91.1 Å². The van der Waals surface area contributed by atoms with Crippen molar-refractivity contribution in [3.05, 3.63) is 34.2 Å². The summed E-state index contributed by atoms with van der Waals surface area (Å²) >= 11 is 0.